The standard InChI is InChI=1S/C17H26N2O/c1-13(18)17(20)8-10-19(11-9-17)16-7-6-14-4-2-3-5-15(14)12-16/h2-5,13,16,20H,6-12,18H2,1H3/t13-,16+/m1/s1. The molecular weight excluding hydrogens is 248 g/mol. The van der Waals surface area contributed by atoms with E-state index in [0.717, 1.165) is 32.4 Å². The molecule has 1 heterocycles. The highest BCUT2D eigenvalue weighted by atomic mass is 16.3. The predicted molar refractivity (Wildman–Crippen MR) is 81.7 cm³/mol. The number of aliphatic hydroxyl groups is 1. The molecule has 0 aromatic heterocycles. The number of benzene rings is 1. The lowest BCUT2D eigenvalue weighted by Crippen LogP contribution is -2.56. The number of likely N-dealkylation sites (tertiary alicyclic amines) is 1. The molecular formula is C17H26N2O. The van der Waals surface area contributed by atoms with Crippen molar-refractivity contribution in [2.45, 2.75) is 56.7 Å². The maximum absolute atomic E-state index is 10.5. The highest BCUT2D eigenvalue weighted by Gasteiger charge is 2.37. The Hall–Kier alpha value is -0.900. The van der Waals surface area contributed by atoms with Gasteiger partial charge >= 0.3 is 0 Å². The zero-order chi connectivity index (χ0) is 14.2. The minimum Gasteiger partial charge on any atom is -0.388 e. The van der Waals surface area contributed by atoms with E-state index in [9.17, 15) is 5.11 Å². The summed E-state index contributed by atoms with van der Waals surface area (Å²) in [5.41, 5.74) is 8.30. The van der Waals surface area contributed by atoms with Gasteiger partial charge in [-0.25, -0.2) is 0 Å². The van der Waals surface area contributed by atoms with Crippen molar-refractivity contribution < 1.29 is 5.11 Å². The Labute approximate surface area is 121 Å². The average Bonchev–Trinajstić information content (AvgIpc) is 2.47. The molecule has 1 aromatic carbocycles. The van der Waals surface area contributed by atoms with Gasteiger partial charge in [0.2, 0.25) is 0 Å². The van der Waals surface area contributed by atoms with Gasteiger partial charge in [0.25, 0.3) is 0 Å². The Balaban J connectivity index is 1.63. The van der Waals surface area contributed by atoms with E-state index in [0.29, 0.717) is 6.04 Å². The van der Waals surface area contributed by atoms with Crippen LogP contribution in [0.25, 0.3) is 0 Å². The van der Waals surface area contributed by atoms with Crippen molar-refractivity contribution in [2.75, 3.05) is 13.1 Å². The van der Waals surface area contributed by atoms with Crippen LogP contribution >= 0.6 is 0 Å². The summed E-state index contributed by atoms with van der Waals surface area (Å²) < 4.78 is 0. The van der Waals surface area contributed by atoms with Gasteiger partial charge in [-0.1, -0.05) is 24.3 Å². The Kier molecular flexibility index (Phi) is 3.85. The minimum absolute atomic E-state index is 0.128. The fourth-order valence-corrected chi connectivity index (χ4v) is 3.72. The second-order valence-electron chi connectivity index (χ2n) is 6.59. The molecule has 2 aliphatic rings. The van der Waals surface area contributed by atoms with Crippen LogP contribution in [0.1, 0.15) is 37.3 Å². The molecule has 0 unspecified atom stereocenters. The molecule has 1 saturated heterocycles. The molecule has 0 saturated carbocycles. The first-order chi connectivity index (χ1) is 9.58. The van der Waals surface area contributed by atoms with Crippen LogP contribution in [-0.2, 0) is 12.8 Å². The summed E-state index contributed by atoms with van der Waals surface area (Å²) in [5, 5.41) is 10.5. The molecule has 3 N–H and O–H groups in total. The minimum atomic E-state index is -0.650. The SMILES string of the molecule is C[C@@H](N)C1(O)CCN([C@H]2CCc3ccccc3C2)CC1. The van der Waals surface area contributed by atoms with E-state index in [1.54, 1.807) is 0 Å². The molecule has 0 radical (unpaired) electrons. The number of nitrogens with two attached hydrogens (primary N) is 1. The molecule has 0 amide bonds. The third-order valence-electron chi connectivity index (χ3n) is 5.35. The summed E-state index contributed by atoms with van der Waals surface area (Å²) in [6, 6.07) is 9.33. The molecule has 1 aliphatic carbocycles. The lowest BCUT2D eigenvalue weighted by molar-refractivity contribution is -0.0463. The van der Waals surface area contributed by atoms with Crippen LogP contribution < -0.4 is 5.73 Å². The Bertz CT molecular complexity index is 464. The molecule has 0 spiro atoms. The van der Waals surface area contributed by atoms with E-state index in [2.05, 4.69) is 29.2 Å². The predicted octanol–water partition coefficient (Wildman–Crippen LogP) is 1.72. The molecule has 110 valence electrons. The molecule has 1 aliphatic heterocycles. The quantitative estimate of drug-likeness (QED) is 0.863. The topological polar surface area (TPSA) is 49.5 Å². The molecule has 2 atom stereocenters. The first-order valence-electron chi connectivity index (χ1n) is 7.87. The van der Waals surface area contributed by atoms with E-state index >= 15 is 0 Å². The summed E-state index contributed by atoms with van der Waals surface area (Å²) in [6.45, 7) is 3.88. The van der Waals surface area contributed by atoms with Crippen molar-refractivity contribution >= 4 is 0 Å². The summed E-state index contributed by atoms with van der Waals surface area (Å²) in [5.74, 6) is 0. The normalized spacial score (nSPS) is 27.9. The van der Waals surface area contributed by atoms with Crippen molar-refractivity contribution in [3.8, 4) is 0 Å². The van der Waals surface area contributed by atoms with Crippen LogP contribution in [0.15, 0.2) is 24.3 Å². The van der Waals surface area contributed by atoms with Gasteiger partial charge in [-0.15, -0.1) is 0 Å². The summed E-state index contributed by atoms with van der Waals surface area (Å²) in [7, 11) is 0. The number of nitrogens with zero attached hydrogens (tertiary/aromatic N) is 1. The number of rotatable bonds is 2. The number of piperidine rings is 1. The van der Waals surface area contributed by atoms with Crippen molar-refractivity contribution in [1.29, 1.82) is 0 Å². The number of hydrogen-bond donors (Lipinski definition) is 2. The van der Waals surface area contributed by atoms with Gasteiger partial charge in [0, 0.05) is 25.2 Å². The van der Waals surface area contributed by atoms with Crippen molar-refractivity contribution in [1.82, 2.24) is 4.90 Å². The van der Waals surface area contributed by atoms with Gasteiger partial charge in [0.15, 0.2) is 0 Å². The van der Waals surface area contributed by atoms with Crippen LogP contribution in [0, 0.1) is 0 Å². The Morgan fingerprint density at radius 3 is 2.55 bits per heavy atom. The van der Waals surface area contributed by atoms with Crippen molar-refractivity contribution in [3.63, 3.8) is 0 Å². The van der Waals surface area contributed by atoms with Crippen LogP contribution in [-0.4, -0.2) is 40.8 Å². The zero-order valence-corrected chi connectivity index (χ0v) is 12.4. The third-order valence-corrected chi connectivity index (χ3v) is 5.35. The van der Waals surface area contributed by atoms with Crippen LogP contribution in [0.3, 0.4) is 0 Å². The third kappa shape index (κ3) is 2.62. The van der Waals surface area contributed by atoms with Gasteiger partial charge in [-0.3, -0.25) is 4.90 Å². The number of aryl methyl sites for hydroxylation is 1. The fraction of sp³-hybridized carbons (Fsp3) is 0.647. The highest BCUT2D eigenvalue weighted by Crippen LogP contribution is 2.30. The van der Waals surface area contributed by atoms with E-state index < -0.39 is 5.60 Å². The summed E-state index contributed by atoms with van der Waals surface area (Å²) in [6.07, 6.45) is 5.21. The molecule has 1 aromatic rings. The van der Waals surface area contributed by atoms with Crippen LogP contribution in [0.5, 0.6) is 0 Å². The Morgan fingerprint density at radius 1 is 1.25 bits per heavy atom. The van der Waals surface area contributed by atoms with E-state index in [1.165, 1.54) is 24.0 Å². The number of fused-ring (bicyclic) bond motifs is 1. The lowest BCUT2D eigenvalue weighted by atomic mass is 9.82. The van der Waals surface area contributed by atoms with E-state index in [-0.39, 0.29) is 6.04 Å². The second-order valence-corrected chi connectivity index (χ2v) is 6.59. The first-order valence-corrected chi connectivity index (χ1v) is 7.87. The van der Waals surface area contributed by atoms with Crippen LogP contribution in [0.2, 0.25) is 0 Å². The molecule has 1 fully saturated rings. The van der Waals surface area contributed by atoms with Crippen molar-refractivity contribution in [3.05, 3.63) is 35.4 Å². The van der Waals surface area contributed by atoms with Crippen LogP contribution in [0.4, 0.5) is 0 Å². The van der Waals surface area contributed by atoms with Gasteiger partial charge < -0.3 is 10.8 Å². The van der Waals surface area contributed by atoms with Gasteiger partial charge in [0.05, 0.1) is 5.60 Å². The zero-order valence-electron chi connectivity index (χ0n) is 12.4. The van der Waals surface area contributed by atoms with Gasteiger partial charge in [0.1, 0.15) is 0 Å². The second kappa shape index (κ2) is 5.47. The molecule has 0 bridgehead atoms. The fourth-order valence-electron chi connectivity index (χ4n) is 3.72. The molecule has 3 heteroatoms. The lowest BCUT2D eigenvalue weighted by Gasteiger charge is -2.44. The van der Waals surface area contributed by atoms with E-state index in [4.69, 9.17) is 5.73 Å². The van der Waals surface area contributed by atoms with Gasteiger partial charge in [-0.05, 0) is 50.2 Å². The average molecular weight is 274 g/mol. The summed E-state index contributed by atoms with van der Waals surface area (Å²) >= 11 is 0. The maximum Gasteiger partial charge on any atom is 0.0819 e. The Morgan fingerprint density at radius 2 is 1.90 bits per heavy atom. The molecule has 3 nitrogen and oxygen atoms in total. The highest BCUT2D eigenvalue weighted by molar-refractivity contribution is 5.30. The van der Waals surface area contributed by atoms with E-state index in [1.807, 2.05) is 6.92 Å². The first kappa shape index (κ1) is 14.1. The largest absolute Gasteiger partial charge is 0.388 e. The molecule has 3 rings (SSSR count). The van der Waals surface area contributed by atoms with Crippen molar-refractivity contribution in [2.24, 2.45) is 5.73 Å². The smallest absolute Gasteiger partial charge is 0.0819 e. The number of hydrogen-bond acceptors (Lipinski definition) is 3. The molecule has 20 heavy (non-hydrogen) atoms. The van der Waals surface area contributed by atoms with Gasteiger partial charge in [-0.2, -0.15) is 0 Å². The summed E-state index contributed by atoms with van der Waals surface area (Å²) in [4.78, 5) is 2.56. The maximum atomic E-state index is 10.5. The monoisotopic (exact) mass is 274 g/mol.